The SMILES string of the molecule is O=C(C[C@@H](Cn1cccc1)c1ccc(Cl)cc1)Nc1n[nH]c(C2CC2)n1. The van der Waals surface area contributed by atoms with Crippen molar-refractivity contribution in [3.63, 3.8) is 0 Å². The van der Waals surface area contributed by atoms with Gasteiger partial charge in [-0.1, -0.05) is 23.7 Å². The maximum atomic E-state index is 12.5. The highest BCUT2D eigenvalue weighted by molar-refractivity contribution is 6.30. The van der Waals surface area contributed by atoms with Gasteiger partial charge in [0.15, 0.2) is 0 Å². The van der Waals surface area contributed by atoms with Crippen LogP contribution in [0.2, 0.25) is 5.02 Å². The van der Waals surface area contributed by atoms with Gasteiger partial charge in [-0.3, -0.25) is 15.2 Å². The number of hydrogen-bond donors (Lipinski definition) is 2. The van der Waals surface area contributed by atoms with Crippen LogP contribution in [0.4, 0.5) is 5.95 Å². The predicted molar refractivity (Wildman–Crippen MR) is 100 cm³/mol. The Morgan fingerprint density at radius 2 is 2.00 bits per heavy atom. The molecule has 1 fully saturated rings. The molecule has 1 atom stereocenters. The fraction of sp³-hybridized carbons (Fsp3) is 0.316. The lowest BCUT2D eigenvalue weighted by Gasteiger charge is -2.18. The summed E-state index contributed by atoms with van der Waals surface area (Å²) in [5, 5.41) is 10.5. The van der Waals surface area contributed by atoms with E-state index in [1.165, 1.54) is 0 Å². The van der Waals surface area contributed by atoms with Crippen LogP contribution >= 0.6 is 11.6 Å². The number of halogens is 1. The number of benzene rings is 1. The Morgan fingerprint density at radius 3 is 2.69 bits per heavy atom. The van der Waals surface area contributed by atoms with Crippen LogP contribution in [0.15, 0.2) is 48.8 Å². The predicted octanol–water partition coefficient (Wildman–Crippen LogP) is 3.95. The summed E-state index contributed by atoms with van der Waals surface area (Å²) in [4.78, 5) is 16.9. The number of rotatable bonds is 7. The molecule has 0 spiro atoms. The van der Waals surface area contributed by atoms with E-state index >= 15 is 0 Å². The third kappa shape index (κ3) is 4.14. The molecular weight excluding hydrogens is 350 g/mol. The minimum atomic E-state index is -0.0987. The molecular formula is C19H20ClN5O. The highest BCUT2D eigenvalue weighted by Gasteiger charge is 2.27. The lowest BCUT2D eigenvalue weighted by Crippen LogP contribution is -2.19. The number of H-pyrrole nitrogens is 1. The van der Waals surface area contributed by atoms with E-state index in [9.17, 15) is 4.79 Å². The molecule has 1 aliphatic carbocycles. The first-order valence-electron chi connectivity index (χ1n) is 8.76. The lowest BCUT2D eigenvalue weighted by molar-refractivity contribution is -0.116. The first kappa shape index (κ1) is 16.8. The van der Waals surface area contributed by atoms with Crippen LogP contribution in [0.3, 0.4) is 0 Å². The van der Waals surface area contributed by atoms with Gasteiger partial charge in [-0.2, -0.15) is 4.98 Å². The number of hydrogen-bond acceptors (Lipinski definition) is 3. The van der Waals surface area contributed by atoms with Crippen molar-refractivity contribution in [2.45, 2.75) is 37.6 Å². The van der Waals surface area contributed by atoms with Crippen molar-refractivity contribution < 1.29 is 4.79 Å². The number of anilines is 1. The Balaban J connectivity index is 1.45. The number of carbonyl (C=O) groups is 1. The van der Waals surface area contributed by atoms with Gasteiger partial charge >= 0.3 is 0 Å². The zero-order valence-electron chi connectivity index (χ0n) is 14.2. The first-order valence-corrected chi connectivity index (χ1v) is 9.13. The number of amides is 1. The zero-order valence-corrected chi connectivity index (χ0v) is 15.0. The van der Waals surface area contributed by atoms with Gasteiger partial charge in [-0.05, 0) is 42.7 Å². The molecule has 4 rings (SSSR count). The van der Waals surface area contributed by atoms with Crippen LogP contribution in [0.1, 0.15) is 42.5 Å². The van der Waals surface area contributed by atoms with Gasteiger partial charge in [0.1, 0.15) is 5.82 Å². The third-order valence-corrected chi connectivity index (χ3v) is 4.84. The van der Waals surface area contributed by atoms with Crippen LogP contribution in [-0.4, -0.2) is 25.7 Å². The van der Waals surface area contributed by atoms with Crippen LogP contribution in [0.25, 0.3) is 0 Å². The molecule has 7 heteroatoms. The van der Waals surface area contributed by atoms with Gasteiger partial charge in [0.05, 0.1) is 0 Å². The van der Waals surface area contributed by atoms with Crippen molar-refractivity contribution in [3.8, 4) is 0 Å². The highest BCUT2D eigenvalue weighted by Crippen LogP contribution is 2.38. The molecule has 2 aromatic heterocycles. The van der Waals surface area contributed by atoms with E-state index in [1.807, 2.05) is 48.8 Å². The Morgan fingerprint density at radius 1 is 1.27 bits per heavy atom. The molecule has 3 aromatic rings. The van der Waals surface area contributed by atoms with Gasteiger partial charge in [0.25, 0.3) is 0 Å². The second-order valence-electron chi connectivity index (χ2n) is 6.70. The van der Waals surface area contributed by atoms with E-state index in [-0.39, 0.29) is 11.8 Å². The summed E-state index contributed by atoms with van der Waals surface area (Å²) < 4.78 is 2.07. The summed E-state index contributed by atoms with van der Waals surface area (Å²) in [6.07, 6.45) is 6.61. The monoisotopic (exact) mass is 369 g/mol. The highest BCUT2D eigenvalue weighted by atomic mass is 35.5. The van der Waals surface area contributed by atoms with Crippen LogP contribution in [0, 0.1) is 0 Å². The van der Waals surface area contributed by atoms with Crippen LogP contribution in [0.5, 0.6) is 0 Å². The second kappa shape index (κ2) is 7.33. The quantitative estimate of drug-likeness (QED) is 0.662. The average Bonchev–Trinajstić information content (AvgIpc) is 3.15. The van der Waals surface area contributed by atoms with E-state index in [4.69, 9.17) is 11.6 Å². The van der Waals surface area contributed by atoms with Gasteiger partial charge in [0, 0.05) is 42.2 Å². The normalized spacial score (nSPS) is 15.0. The Hall–Kier alpha value is -2.60. The molecule has 1 amide bonds. The van der Waals surface area contributed by atoms with E-state index in [0.717, 1.165) is 24.2 Å². The Kier molecular flexibility index (Phi) is 4.75. The minimum Gasteiger partial charge on any atom is -0.354 e. The van der Waals surface area contributed by atoms with Crippen molar-refractivity contribution in [1.82, 2.24) is 19.7 Å². The molecule has 1 aliphatic rings. The summed E-state index contributed by atoms with van der Waals surface area (Å²) >= 11 is 6.00. The van der Waals surface area contributed by atoms with Crippen molar-refractivity contribution in [3.05, 3.63) is 65.2 Å². The molecule has 0 radical (unpaired) electrons. The molecule has 0 aliphatic heterocycles. The maximum absolute atomic E-state index is 12.5. The maximum Gasteiger partial charge on any atom is 0.248 e. The second-order valence-corrected chi connectivity index (χ2v) is 7.14. The zero-order chi connectivity index (χ0) is 17.9. The Bertz CT molecular complexity index is 868. The standard InChI is InChI=1S/C19H20ClN5O/c20-16-7-5-13(6-8-16)15(12-25-9-1-2-10-25)11-17(26)21-19-22-18(23-24-19)14-3-4-14/h1-2,5-10,14-15H,3-4,11-12H2,(H2,21,22,23,24,26)/t15-/m0/s1. The first-order chi connectivity index (χ1) is 12.7. The molecule has 6 nitrogen and oxygen atoms in total. The molecule has 26 heavy (non-hydrogen) atoms. The van der Waals surface area contributed by atoms with Gasteiger partial charge < -0.3 is 4.57 Å². The molecule has 0 unspecified atom stereocenters. The number of carbonyl (C=O) groups excluding carboxylic acids is 1. The fourth-order valence-corrected chi connectivity index (χ4v) is 3.16. The van der Waals surface area contributed by atoms with E-state index in [0.29, 0.717) is 29.9 Å². The van der Waals surface area contributed by atoms with Crippen molar-refractivity contribution >= 4 is 23.5 Å². The fourth-order valence-electron chi connectivity index (χ4n) is 3.04. The summed E-state index contributed by atoms with van der Waals surface area (Å²) in [7, 11) is 0. The third-order valence-electron chi connectivity index (χ3n) is 4.59. The van der Waals surface area contributed by atoms with Gasteiger partial charge in [-0.15, -0.1) is 5.10 Å². The van der Waals surface area contributed by atoms with Crippen molar-refractivity contribution in [1.29, 1.82) is 0 Å². The lowest BCUT2D eigenvalue weighted by atomic mass is 9.95. The average molecular weight is 370 g/mol. The summed E-state index contributed by atoms with van der Waals surface area (Å²) in [6, 6.07) is 11.6. The smallest absolute Gasteiger partial charge is 0.248 e. The van der Waals surface area contributed by atoms with E-state index in [2.05, 4.69) is 25.1 Å². The number of aromatic amines is 1. The Labute approximate surface area is 156 Å². The van der Waals surface area contributed by atoms with E-state index < -0.39 is 0 Å². The molecule has 1 saturated carbocycles. The van der Waals surface area contributed by atoms with E-state index in [1.54, 1.807) is 0 Å². The van der Waals surface area contributed by atoms with Crippen LogP contribution < -0.4 is 5.32 Å². The molecule has 0 saturated heterocycles. The molecule has 0 bridgehead atoms. The van der Waals surface area contributed by atoms with Crippen molar-refractivity contribution in [2.24, 2.45) is 0 Å². The number of nitrogens with zero attached hydrogens (tertiary/aromatic N) is 3. The summed E-state index contributed by atoms with van der Waals surface area (Å²) in [6.45, 7) is 0.712. The summed E-state index contributed by atoms with van der Waals surface area (Å²) in [5.74, 6) is 1.62. The molecule has 134 valence electrons. The van der Waals surface area contributed by atoms with Gasteiger partial charge in [0.2, 0.25) is 11.9 Å². The van der Waals surface area contributed by atoms with Crippen LogP contribution in [-0.2, 0) is 11.3 Å². The number of nitrogens with one attached hydrogen (secondary N) is 2. The van der Waals surface area contributed by atoms with Gasteiger partial charge in [-0.25, -0.2) is 0 Å². The molecule has 2 heterocycles. The largest absolute Gasteiger partial charge is 0.354 e. The molecule has 1 aromatic carbocycles. The topological polar surface area (TPSA) is 75.6 Å². The minimum absolute atomic E-state index is 0.0292. The molecule has 2 N–H and O–H groups in total. The number of aromatic nitrogens is 4. The summed E-state index contributed by atoms with van der Waals surface area (Å²) in [5.41, 5.74) is 1.08. The van der Waals surface area contributed by atoms with Crippen molar-refractivity contribution in [2.75, 3.05) is 5.32 Å².